The fourth-order valence-electron chi connectivity index (χ4n) is 0.694. The van der Waals surface area contributed by atoms with Crippen molar-refractivity contribution in [2.75, 3.05) is 20.3 Å². The number of hydrogen-bond acceptors (Lipinski definition) is 4. The molecule has 1 heterocycles. The van der Waals surface area contributed by atoms with Gasteiger partial charge in [0.05, 0.1) is 0 Å². The van der Waals surface area contributed by atoms with E-state index in [1.165, 1.54) is 0 Å². The minimum atomic E-state index is 0.854. The molecule has 52 valence electrons. The summed E-state index contributed by atoms with van der Waals surface area (Å²) in [4.78, 5) is 0. The van der Waals surface area contributed by atoms with Crippen LogP contribution in [0.2, 0.25) is 0 Å². The van der Waals surface area contributed by atoms with Gasteiger partial charge in [0.1, 0.15) is 13.0 Å². The van der Waals surface area contributed by atoms with Crippen molar-refractivity contribution in [2.24, 2.45) is 5.10 Å². The minimum Gasteiger partial charge on any atom is -0.276 e. The van der Waals surface area contributed by atoms with E-state index in [0.717, 1.165) is 13.2 Å². The number of rotatable bonds is 2. The molecule has 1 N–H and O–H groups in total. The van der Waals surface area contributed by atoms with Gasteiger partial charge in [0.25, 0.3) is 0 Å². The first-order valence-electron chi connectivity index (χ1n) is 3.10. The maximum absolute atomic E-state index is 4.08. The van der Waals surface area contributed by atoms with Gasteiger partial charge in [-0.15, -0.1) is 0 Å². The number of hydrogen-bond donors (Lipinski definition) is 1. The molecule has 0 aromatic rings. The summed E-state index contributed by atoms with van der Waals surface area (Å²) >= 11 is 0. The zero-order chi connectivity index (χ0) is 6.69. The van der Waals surface area contributed by atoms with E-state index in [2.05, 4.69) is 17.5 Å². The Balaban J connectivity index is 2.31. The highest BCUT2D eigenvalue weighted by Gasteiger charge is 2.08. The van der Waals surface area contributed by atoms with Crippen molar-refractivity contribution < 1.29 is 0 Å². The first kappa shape index (κ1) is 6.35. The van der Waals surface area contributed by atoms with E-state index in [1.807, 2.05) is 17.1 Å². The lowest BCUT2D eigenvalue weighted by molar-refractivity contribution is 0.215. The van der Waals surface area contributed by atoms with Crippen LogP contribution in [0.1, 0.15) is 6.92 Å². The zero-order valence-electron chi connectivity index (χ0n) is 5.83. The summed E-state index contributed by atoms with van der Waals surface area (Å²) in [5.74, 6) is 0. The Hall–Kier alpha value is -0.770. The second kappa shape index (κ2) is 2.68. The molecule has 0 saturated carbocycles. The van der Waals surface area contributed by atoms with Crippen molar-refractivity contribution in [1.29, 1.82) is 0 Å². The highest BCUT2D eigenvalue weighted by molar-refractivity contribution is 5.55. The molecule has 1 aliphatic rings. The molecule has 0 aromatic heterocycles. The average Bonchev–Trinajstić information content (AvgIpc) is 2.34. The fraction of sp³-hybridized carbons (Fsp3) is 0.800. The lowest BCUT2D eigenvalue weighted by atomic mass is 10.7. The first-order chi connectivity index (χ1) is 4.36. The van der Waals surface area contributed by atoms with Crippen LogP contribution in [0, 0.1) is 0 Å². The predicted octanol–water partition coefficient (Wildman–Crippen LogP) is -0.341. The van der Waals surface area contributed by atoms with Gasteiger partial charge in [-0.1, -0.05) is 0 Å². The van der Waals surface area contributed by atoms with Crippen molar-refractivity contribution in [1.82, 2.24) is 15.4 Å². The third-order valence-corrected chi connectivity index (χ3v) is 1.32. The van der Waals surface area contributed by atoms with Crippen molar-refractivity contribution in [3.63, 3.8) is 0 Å². The lowest BCUT2D eigenvalue weighted by Gasteiger charge is -2.15. The van der Waals surface area contributed by atoms with E-state index in [1.54, 1.807) is 6.34 Å². The molecule has 0 spiro atoms. The Morgan fingerprint density at radius 3 is 2.89 bits per heavy atom. The molecule has 9 heavy (non-hydrogen) atoms. The van der Waals surface area contributed by atoms with Crippen LogP contribution in [0.4, 0.5) is 0 Å². The van der Waals surface area contributed by atoms with Crippen LogP contribution in [0.25, 0.3) is 0 Å². The topological polar surface area (TPSA) is 30.9 Å². The summed E-state index contributed by atoms with van der Waals surface area (Å²) < 4.78 is 0. The third-order valence-electron chi connectivity index (χ3n) is 1.32. The smallest absolute Gasteiger partial charge is 0.127 e. The van der Waals surface area contributed by atoms with Gasteiger partial charge in [0.2, 0.25) is 0 Å². The van der Waals surface area contributed by atoms with Crippen molar-refractivity contribution in [3.05, 3.63) is 0 Å². The normalized spacial score (nSPS) is 17.6. The maximum Gasteiger partial charge on any atom is 0.127 e. The summed E-state index contributed by atoms with van der Waals surface area (Å²) in [5.41, 5.74) is 2.97. The van der Waals surface area contributed by atoms with Gasteiger partial charge in [0.15, 0.2) is 0 Å². The van der Waals surface area contributed by atoms with E-state index in [9.17, 15) is 0 Å². The van der Waals surface area contributed by atoms with Crippen molar-refractivity contribution in [2.45, 2.75) is 6.92 Å². The highest BCUT2D eigenvalue weighted by Crippen LogP contribution is 1.96. The van der Waals surface area contributed by atoms with Gasteiger partial charge < -0.3 is 0 Å². The van der Waals surface area contributed by atoms with E-state index in [4.69, 9.17) is 0 Å². The molecule has 1 aliphatic heterocycles. The van der Waals surface area contributed by atoms with Crippen LogP contribution in [-0.4, -0.2) is 36.6 Å². The van der Waals surface area contributed by atoms with Crippen LogP contribution in [-0.2, 0) is 0 Å². The number of hydrazine groups is 1. The molecule has 0 aliphatic carbocycles. The van der Waals surface area contributed by atoms with Crippen LogP contribution in [0.5, 0.6) is 0 Å². The molecule has 0 aromatic carbocycles. The van der Waals surface area contributed by atoms with E-state index in [0.29, 0.717) is 0 Å². The van der Waals surface area contributed by atoms with Crippen LogP contribution < -0.4 is 5.43 Å². The molecule has 0 amide bonds. The Morgan fingerprint density at radius 2 is 2.56 bits per heavy atom. The largest absolute Gasteiger partial charge is 0.276 e. The van der Waals surface area contributed by atoms with Crippen molar-refractivity contribution >= 4 is 6.34 Å². The summed E-state index contributed by atoms with van der Waals surface area (Å²) in [6.07, 6.45) is 1.78. The quantitative estimate of drug-likeness (QED) is 0.552. The number of hydrazone groups is 1. The molecule has 0 unspecified atom stereocenters. The summed E-state index contributed by atoms with van der Waals surface area (Å²) in [6, 6.07) is 0. The molecule has 1 rings (SSSR count). The molecular formula is C5H12N4. The molecule has 4 heteroatoms. The fourth-order valence-corrected chi connectivity index (χ4v) is 0.694. The van der Waals surface area contributed by atoms with Crippen LogP contribution >= 0.6 is 0 Å². The van der Waals surface area contributed by atoms with E-state index < -0.39 is 0 Å². The highest BCUT2D eigenvalue weighted by atomic mass is 15.7. The Kier molecular flexibility index (Phi) is 1.89. The Labute approximate surface area is 55.1 Å². The molecule has 0 bridgehead atoms. The van der Waals surface area contributed by atoms with Crippen LogP contribution in [0.3, 0.4) is 0 Å². The van der Waals surface area contributed by atoms with Crippen LogP contribution in [0.15, 0.2) is 5.10 Å². The second-order valence-electron chi connectivity index (χ2n) is 1.89. The second-order valence-corrected chi connectivity index (χ2v) is 1.89. The molecule has 0 radical (unpaired) electrons. The van der Waals surface area contributed by atoms with E-state index in [-0.39, 0.29) is 0 Å². The Morgan fingerprint density at radius 1 is 1.78 bits per heavy atom. The minimum absolute atomic E-state index is 0.854. The van der Waals surface area contributed by atoms with Gasteiger partial charge in [-0.2, -0.15) is 5.10 Å². The van der Waals surface area contributed by atoms with Gasteiger partial charge in [-0.3, -0.25) is 10.0 Å². The molecule has 4 nitrogen and oxygen atoms in total. The lowest BCUT2D eigenvalue weighted by Crippen LogP contribution is -2.35. The number of nitrogens with one attached hydrogen (secondary N) is 1. The first-order valence-corrected chi connectivity index (χ1v) is 3.10. The third kappa shape index (κ3) is 1.32. The van der Waals surface area contributed by atoms with E-state index >= 15 is 0 Å². The molecular weight excluding hydrogens is 116 g/mol. The monoisotopic (exact) mass is 128 g/mol. The average molecular weight is 128 g/mol. The van der Waals surface area contributed by atoms with Gasteiger partial charge in [-0.25, -0.2) is 5.43 Å². The number of nitrogens with zero attached hydrogens (tertiary/aromatic N) is 3. The molecule has 0 saturated heterocycles. The Bertz CT molecular complexity index is 99.5. The maximum atomic E-state index is 4.08. The zero-order valence-corrected chi connectivity index (χ0v) is 5.83. The predicted molar refractivity (Wildman–Crippen MR) is 36.6 cm³/mol. The SMILES string of the molecule is CCN1CN(NC)C=N1. The summed E-state index contributed by atoms with van der Waals surface area (Å²) in [6.45, 7) is 3.90. The van der Waals surface area contributed by atoms with Crippen molar-refractivity contribution in [3.8, 4) is 0 Å². The molecule has 0 fully saturated rings. The standard InChI is InChI=1S/C5H12N4/c1-3-8-5-9(6-2)4-7-8/h4,6H,3,5H2,1-2H3. The summed E-state index contributed by atoms with van der Waals surface area (Å²) in [5, 5.41) is 7.97. The van der Waals surface area contributed by atoms with Gasteiger partial charge in [-0.05, 0) is 6.92 Å². The molecule has 0 atom stereocenters. The van der Waals surface area contributed by atoms with Gasteiger partial charge >= 0.3 is 0 Å². The summed E-state index contributed by atoms with van der Waals surface area (Å²) in [7, 11) is 1.88. The van der Waals surface area contributed by atoms with Gasteiger partial charge in [0, 0.05) is 13.6 Å².